The van der Waals surface area contributed by atoms with Gasteiger partial charge in [-0.05, 0) is 98.2 Å². The lowest BCUT2D eigenvalue weighted by atomic mass is 9.46. The molecule has 1 saturated heterocycles. The first-order chi connectivity index (χ1) is 15.8. The second-order valence-corrected chi connectivity index (χ2v) is 13.2. The van der Waals surface area contributed by atoms with Crippen molar-refractivity contribution in [3.05, 3.63) is 11.6 Å². The van der Waals surface area contributed by atoms with Crippen molar-refractivity contribution in [3.63, 3.8) is 0 Å². The van der Waals surface area contributed by atoms with E-state index in [0.29, 0.717) is 49.2 Å². The van der Waals surface area contributed by atoms with Crippen molar-refractivity contribution in [2.24, 2.45) is 40.4 Å². The summed E-state index contributed by atoms with van der Waals surface area (Å²) in [6.45, 7) is 8.16. The molecule has 5 aliphatic rings. The molecular formula is C28H43F3O3. The van der Waals surface area contributed by atoms with Gasteiger partial charge in [0.15, 0.2) is 5.60 Å². The number of allylic oxidation sites excluding steroid dienone is 1. The molecular weight excluding hydrogens is 441 g/mol. The van der Waals surface area contributed by atoms with E-state index in [-0.39, 0.29) is 23.7 Å². The summed E-state index contributed by atoms with van der Waals surface area (Å²) >= 11 is 0. The maximum absolute atomic E-state index is 13.6. The zero-order chi connectivity index (χ0) is 24.6. The minimum atomic E-state index is -4.57. The lowest BCUT2D eigenvalue weighted by Crippen LogP contribution is -2.55. The van der Waals surface area contributed by atoms with Crippen molar-refractivity contribution in [2.45, 2.75) is 109 Å². The Balaban J connectivity index is 1.31. The molecule has 0 aromatic carbocycles. The van der Waals surface area contributed by atoms with E-state index in [2.05, 4.69) is 26.8 Å². The normalized spacial score (nSPS) is 49.7. The van der Waals surface area contributed by atoms with E-state index in [1.165, 1.54) is 12.8 Å². The zero-order valence-corrected chi connectivity index (χ0v) is 21.1. The van der Waals surface area contributed by atoms with Crippen LogP contribution in [0.4, 0.5) is 13.2 Å². The Kier molecular flexibility index (Phi) is 6.05. The molecule has 0 aromatic rings. The average Bonchev–Trinajstić information content (AvgIpc) is 3.35. The van der Waals surface area contributed by atoms with E-state index >= 15 is 0 Å². The molecule has 0 unspecified atom stereocenters. The highest BCUT2D eigenvalue weighted by atomic mass is 19.4. The smallest absolute Gasteiger partial charge is 0.387 e. The summed E-state index contributed by atoms with van der Waals surface area (Å²) in [6, 6.07) is 0. The zero-order valence-electron chi connectivity index (χ0n) is 21.1. The van der Waals surface area contributed by atoms with Crippen LogP contribution in [0.2, 0.25) is 0 Å². The highest BCUT2D eigenvalue weighted by molar-refractivity contribution is 5.28. The monoisotopic (exact) mass is 484 g/mol. The number of rotatable bonds is 4. The Bertz CT molecular complexity index is 818. The summed E-state index contributed by atoms with van der Waals surface area (Å²) in [5, 5.41) is 21.1. The summed E-state index contributed by atoms with van der Waals surface area (Å²) in [5.41, 5.74) is -2.28. The van der Waals surface area contributed by atoms with Crippen molar-refractivity contribution >= 4 is 0 Å². The van der Waals surface area contributed by atoms with Gasteiger partial charge >= 0.3 is 6.18 Å². The van der Waals surface area contributed by atoms with E-state index in [9.17, 15) is 23.4 Å². The summed E-state index contributed by atoms with van der Waals surface area (Å²) < 4.78 is 46.2. The van der Waals surface area contributed by atoms with E-state index in [1.54, 1.807) is 0 Å². The molecule has 2 N–H and O–H groups in total. The van der Waals surface area contributed by atoms with Crippen LogP contribution in [-0.4, -0.2) is 40.8 Å². The number of hydrogen-bond donors (Lipinski definition) is 2. The largest absolute Gasteiger partial charge is 0.417 e. The highest BCUT2D eigenvalue weighted by Crippen LogP contribution is 2.68. The molecule has 6 heteroatoms. The van der Waals surface area contributed by atoms with Crippen LogP contribution in [0.1, 0.15) is 91.4 Å². The second-order valence-electron chi connectivity index (χ2n) is 13.2. The minimum absolute atomic E-state index is 0.179. The number of fused-ring (bicyclic) bond motifs is 5. The van der Waals surface area contributed by atoms with Crippen LogP contribution in [0.25, 0.3) is 0 Å². The van der Waals surface area contributed by atoms with Crippen molar-refractivity contribution in [3.8, 4) is 0 Å². The van der Waals surface area contributed by atoms with Gasteiger partial charge in [0.1, 0.15) is 0 Å². The van der Waals surface area contributed by atoms with Crippen molar-refractivity contribution in [1.29, 1.82) is 0 Å². The first-order valence-corrected chi connectivity index (χ1v) is 13.6. The maximum atomic E-state index is 13.6. The third-order valence-electron chi connectivity index (χ3n) is 11.6. The first-order valence-electron chi connectivity index (χ1n) is 13.6. The molecule has 0 spiro atoms. The molecule has 3 saturated carbocycles. The molecule has 0 bridgehead atoms. The van der Waals surface area contributed by atoms with Gasteiger partial charge in [-0.1, -0.05) is 32.4 Å². The Morgan fingerprint density at radius 3 is 2.50 bits per heavy atom. The van der Waals surface area contributed by atoms with E-state index in [4.69, 9.17) is 4.74 Å². The van der Waals surface area contributed by atoms with Gasteiger partial charge in [0, 0.05) is 19.4 Å². The quantitative estimate of drug-likeness (QED) is 0.452. The fourth-order valence-electron chi connectivity index (χ4n) is 9.36. The molecule has 4 aliphatic carbocycles. The van der Waals surface area contributed by atoms with Gasteiger partial charge in [0.05, 0.1) is 12.2 Å². The first kappa shape index (κ1) is 25.1. The number of alkyl halides is 3. The number of aliphatic hydroxyl groups is 2. The van der Waals surface area contributed by atoms with Crippen LogP contribution < -0.4 is 0 Å². The van der Waals surface area contributed by atoms with Crippen molar-refractivity contribution < 1.29 is 28.1 Å². The van der Waals surface area contributed by atoms with Crippen LogP contribution in [0.3, 0.4) is 0 Å². The fraction of sp³-hybridized carbons (Fsp3) is 0.929. The molecule has 9 atom stereocenters. The molecule has 1 heterocycles. The molecule has 4 fully saturated rings. The third kappa shape index (κ3) is 3.80. The van der Waals surface area contributed by atoms with Crippen LogP contribution in [0.15, 0.2) is 11.6 Å². The lowest BCUT2D eigenvalue weighted by molar-refractivity contribution is -0.271. The molecule has 3 nitrogen and oxygen atoms in total. The lowest BCUT2D eigenvalue weighted by Gasteiger charge is -2.59. The van der Waals surface area contributed by atoms with Gasteiger partial charge in [-0.3, -0.25) is 0 Å². The molecule has 0 radical (unpaired) electrons. The fourth-order valence-corrected chi connectivity index (χ4v) is 9.36. The van der Waals surface area contributed by atoms with Gasteiger partial charge in [0.25, 0.3) is 0 Å². The van der Waals surface area contributed by atoms with E-state index in [0.717, 1.165) is 44.1 Å². The van der Waals surface area contributed by atoms with E-state index in [1.807, 2.05) is 0 Å². The van der Waals surface area contributed by atoms with Crippen molar-refractivity contribution in [1.82, 2.24) is 0 Å². The van der Waals surface area contributed by atoms with Gasteiger partial charge in [-0.2, -0.15) is 13.2 Å². The van der Waals surface area contributed by atoms with Crippen LogP contribution in [0, 0.1) is 40.4 Å². The summed E-state index contributed by atoms with van der Waals surface area (Å²) in [7, 11) is 0. The predicted molar refractivity (Wildman–Crippen MR) is 125 cm³/mol. The number of halogens is 3. The molecule has 34 heavy (non-hydrogen) atoms. The summed E-state index contributed by atoms with van der Waals surface area (Å²) in [5.74, 6) is 2.78. The van der Waals surface area contributed by atoms with Crippen LogP contribution in [-0.2, 0) is 4.74 Å². The summed E-state index contributed by atoms with van der Waals surface area (Å²) in [4.78, 5) is 0. The third-order valence-corrected chi connectivity index (χ3v) is 11.6. The SMILES string of the molecule is C[C@@H](CC[C@@]1(O)CCOC1)[C@@H]1CC[C@H]2[C@@H]3CC=C4C[C@](O)(C(F)(F)F)CC[C@]4(C)[C@H]3CC[C@@]21C. The number of ether oxygens (including phenoxy) is 1. The Hall–Kier alpha value is -0.590. The Labute approximate surface area is 202 Å². The topological polar surface area (TPSA) is 49.7 Å². The van der Waals surface area contributed by atoms with Crippen LogP contribution >= 0.6 is 0 Å². The van der Waals surface area contributed by atoms with Crippen LogP contribution in [0.5, 0.6) is 0 Å². The summed E-state index contributed by atoms with van der Waals surface area (Å²) in [6.07, 6.45) is 5.64. The van der Waals surface area contributed by atoms with E-state index < -0.39 is 17.4 Å². The molecule has 5 rings (SSSR count). The second kappa shape index (κ2) is 8.21. The standard InChI is InChI=1S/C28H43F3O3/c1-18(8-11-26(32)14-15-34-17-26)21-6-7-22-20-5-4-19-16-27(33,28(29,30)31)13-12-24(19,2)23(20)9-10-25(21,22)3/h4,18,20-23,32-33H,5-17H2,1-3H3/t18-,20-,21-,22-,23-,24-,25+,26+,27-/m0/s1. The maximum Gasteiger partial charge on any atom is 0.417 e. The average molecular weight is 485 g/mol. The Morgan fingerprint density at radius 2 is 1.82 bits per heavy atom. The van der Waals surface area contributed by atoms with Gasteiger partial charge in [0.2, 0.25) is 0 Å². The van der Waals surface area contributed by atoms with Gasteiger partial charge in [-0.25, -0.2) is 0 Å². The molecule has 194 valence electrons. The van der Waals surface area contributed by atoms with Gasteiger partial charge < -0.3 is 14.9 Å². The predicted octanol–water partition coefficient (Wildman–Crippen LogP) is 6.43. The number of hydrogen-bond acceptors (Lipinski definition) is 3. The molecule has 0 amide bonds. The van der Waals surface area contributed by atoms with Gasteiger partial charge in [-0.15, -0.1) is 0 Å². The Morgan fingerprint density at radius 1 is 1.06 bits per heavy atom. The van der Waals surface area contributed by atoms with Crippen molar-refractivity contribution in [2.75, 3.05) is 13.2 Å². The highest BCUT2D eigenvalue weighted by Gasteiger charge is 2.63. The minimum Gasteiger partial charge on any atom is -0.387 e. The molecule has 1 aliphatic heterocycles. The molecule has 0 aromatic heterocycles.